The summed E-state index contributed by atoms with van der Waals surface area (Å²) in [5, 5.41) is 7.06. The number of aromatic nitrogens is 2. The van der Waals surface area contributed by atoms with Gasteiger partial charge in [0.05, 0.1) is 23.3 Å². The van der Waals surface area contributed by atoms with Crippen LogP contribution in [-0.4, -0.2) is 15.7 Å². The first kappa shape index (κ1) is 18.6. The van der Waals surface area contributed by atoms with Gasteiger partial charge in [-0.2, -0.15) is 18.3 Å². The van der Waals surface area contributed by atoms with E-state index >= 15 is 0 Å². The number of nitrogens with zero attached hydrogens (tertiary/aromatic N) is 2. The molecule has 1 N–H and O–H groups in total. The zero-order valence-electron chi connectivity index (χ0n) is 14.3. The third-order valence-electron chi connectivity index (χ3n) is 4.15. The number of hydrogen-bond donors (Lipinski definition) is 1. The van der Waals surface area contributed by atoms with Gasteiger partial charge in [0.25, 0.3) is 0 Å². The molecule has 0 aliphatic heterocycles. The van der Waals surface area contributed by atoms with Gasteiger partial charge >= 0.3 is 6.18 Å². The summed E-state index contributed by atoms with van der Waals surface area (Å²) in [5.74, 6) is -0.429. The molecule has 27 heavy (non-hydrogen) atoms. The lowest BCUT2D eigenvalue weighted by Gasteiger charge is -2.17. The highest BCUT2D eigenvalue weighted by Crippen LogP contribution is 2.30. The highest BCUT2D eigenvalue weighted by Gasteiger charge is 2.30. The Kier molecular flexibility index (Phi) is 4.98. The molecule has 0 bridgehead atoms. The second kappa shape index (κ2) is 7.22. The van der Waals surface area contributed by atoms with E-state index < -0.39 is 23.7 Å². The predicted octanol–water partition coefficient (Wildman–Crippen LogP) is 3.29. The van der Waals surface area contributed by atoms with Crippen LogP contribution in [0.1, 0.15) is 24.1 Å². The number of carbonyl (C=O) groups excluding carboxylic acids is 1. The Morgan fingerprint density at radius 3 is 2.67 bits per heavy atom. The molecule has 140 valence electrons. The van der Waals surface area contributed by atoms with Gasteiger partial charge in [0.2, 0.25) is 11.3 Å². The molecule has 0 fully saturated rings. The monoisotopic (exact) mass is 375 g/mol. The summed E-state index contributed by atoms with van der Waals surface area (Å²) >= 11 is 0. The van der Waals surface area contributed by atoms with Crippen molar-refractivity contribution in [2.45, 2.75) is 25.7 Å². The van der Waals surface area contributed by atoms with Crippen LogP contribution in [0.2, 0.25) is 0 Å². The molecule has 0 spiro atoms. The fourth-order valence-electron chi connectivity index (χ4n) is 2.78. The van der Waals surface area contributed by atoms with Crippen LogP contribution in [-0.2, 0) is 17.5 Å². The summed E-state index contributed by atoms with van der Waals surface area (Å²) < 4.78 is 39.9. The average molecular weight is 375 g/mol. The average Bonchev–Trinajstić information content (AvgIpc) is 2.63. The number of alkyl halides is 3. The minimum Gasteiger partial charge on any atom is -0.348 e. The maximum Gasteiger partial charge on any atom is 0.416 e. The van der Waals surface area contributed by atoms with Gasteiger partial charge in [-0.3, -0.25) is 14.3 Å². The first-order chi connectivity index (χ1) is 12.8. The maximum absolute atomic E-state index is 12.8. The van der Waals surface area contributed by atoms with Gasteiger partial charge in [0.15, 0.2) is 0 Å². The third-order valence-corrected chi connectivity index (χ3v) is 4.15. The molecule has 1 unspecified atom stereocenters. The largest absolute Gasteiger partial charge is 0.416 e. The van der Waals surface area contributed by atoms with E-state index in [4.69, 9.17) is 0 Å². The summed E-state index contributed by atoms with van der Waals surface area (Å²) in [5.41, 5.74) is -0.170. The Morgan fingerprint density at radius 2 is 1.93 bits per heavy atom. The molecule has 1 heterocycles. The standard InChI is InChI=1S/C19H16F3N3O2/c1-12(13-5-4-6-14(9-13)19(20,21)22)24-18(27)11-25-16-8-3-2-7-15(16)17(26)10-23-25/h2-10,12H,11H2,1H3,(H,24,27). The normalized spacial score (nSPS) is 12.7. The predicted molar refractivity (Wildman–Crippen MR) is 94.0 cm³/mol. The van der Waals surface area contributed by atoms with Crippen molar-refractivity contribution in [2.75, 3.05) is 0 Å². The van der Waals surface area contributed by atoms with Gasteiger partial charge in [0.1, 0.15) is 6.54 Å². The second-order valence-electron chi connectivity index (χ2n) is 6.10. The summed E-state index contributed by atoms with van der Waals surface area (Å²) in [7, 11) is 0. The molecule has 3 rings (SSSR count). The van der Waals surface area contributed by atoms with Crippen LogP contribution in [0.5, 0.6) is 0 Å². The SMILES string of the molecule is CC(NC(=O)Cn1ncc(=O)c2ccccc21)c1cccc(C(F)(F)F)c1. The summed E-state index contributed by atoms with van der Waals surface area (Å²) in [6, 6.07) is 10.9. The first-order valence-corrected chi connectivity index (χ1v) is 8.17. The highest BCUT2D eigenvalue weighted by molar-refractivity contribution is 5.81. The molecule has 0 saturated heterocycles. The van der Waals surface area contributed by atoms with E-state index in [1.807, 2.05) is 0 Å². The van der Waals surface area contributed by atoms with E-state index in [1.54, 1.807) is 31.2 Å². The van der Waals surface area contributed by atoms with E-state index in [0.29, 0.717) is 16.5 Å². The van der Waals surface area contributed by atoms with Gasteiger partial charge < -0.3 is 5.32 Å². The molecular formula is C19H16F3N3O2. The molecule has 0 aliphatic rings. The Balaban J connectivity index is 1.77. The van der Waals surface area contributed by atoms with Crippen molar-refractivity contribution >= 4 is 16.8 Å². The van der Waals surface area contributed by atoms with Crippen LogP contribution in [0, 0.1) is 0 Å². The van der Waals surface area contributed by atoms with Gasteiger partial charge in [0, 0.05) is 5.39 Å². The number of nitrogens with one attached hydrogen (secondary N) is 1. The van der Waals surface area contributed by atoms with Gasteiger partial charge in [-0.25, -0.2) is 0 Å². The molecule has 0 saturated carbocycles. The Bertz CT molecular complexity index is 1040. The maximum atomic E-state index is 12.8. The van der Waals surface area contributed by atoms with Gasteiger partial charge in [-0.05, 0) is 36.8 Å². The molecule has 0 aliphatic carbocycles. The van der Waals surface area contributed by atoms with E-state index in [-0.39, 0.29) is 12.0 Å². The summed E-state index contributed by atoms with van der Waals surface area (Å²) in [6.07, 6.45) is -3.32. The smallest absolute Gasteiger partial charge is 0.348 e. The molecule has 8 heteroatoms. The lowest BCUT2D eigenvalue weighted by molar-refractivity contribution is -0.137. The van der Waals surface area contributed by atoms with Gasteiger partial charge in [-0.15, -0.1) is 0 Å². The lowest BCUT2D eigenvalue weighted by atomic mass is 10.0. The Morgan fingerprint density at radius 1 is 1.19 bits per heavy atom. The minimum atomic E-state index is -4.45. The molecule has 0 radical (unpaired) electrons. The molecule has 1 amide bonds. The number of carbonyl (C=O) groups is 1. The number of rotatable bonds is 4. The molecule has 5 nitrogen and oxygen atoms in total. The summed E-state index contributed by atoms with van der Waals surface area (Å²) in [4.78, 5) is 24.2. The van der Waals surface area contributed by atoms with Crippen LogP contribution < -0.4 is 10.7 Å². The number of hydrogen-bond acceptors (Lipinski definition) is 3. The van der Waals surface area contributed by atoms with Crippen molar-refractivity contribution in [2.24, 2.45) is 0 Å². The second-order valence-corrected chi connectivity index (χ2v) is 6.10. The van der Waals surface area contributed by atoms with Crippen molar-refractivity contribution in [3.8, 4) is 0 Å². The van der Waals surface area contributed by atoms with Crippen molar-refractivity contribution in [3.63, 3.8) is 0 Å². The van der Waals surface area contributed by atoms with Crippen LogP contribution in [0.15, 0.2) is 59.5 Å². The van der Waals surface area contributed by atoms with Crippen LogP contribution in [0.3, 0.4) is 0 Å². The topological polar surface area (TPSA) is 64.0 Å². The fraction of sp³-hybridized carbons (Fsp3) is 0.211. The van der Waals surface area contributed by atoms with Crippen molar-refractivity contribution < 1.29 is 18.0 Å². The van der Waals surface area contributed by atoms with Crippen molar-refractivity contribution in [1.29, 1.82) is 0 Å². The number of halogens is 3. The fourth-order valence-corrected chi connectivity index (χ4v) is 2.78. The van der Waals surface area contributed by atoms with Crippen molar-refractivity contribution in [3.05, 3.63) is 76.1 Å². The number of fused-ring (bicyclic) bond motifs is 1. The van der Waals surface area contributed by atoms with Gasteiger partial charge in [-0.1, -0.05) is 24.3 Å². The number of benzene rings is 2. The van der Waals surface area contributed by atoms with Crippen molar-refractivity contribution in [1.82, 2.24) is 15.1 Å². The number of amides is 1. The third kappa shape index (κ3) is 4.16. The lowest BCUT2D eigenvalue weighted by Crippen LogP contribution is -2.31. The zero-order valence-corrected chi connectivity index (χ0v) is 14.3. The van der Waals surface area contributed by atoms with E-state index in [1.165, 1.54) is 16.8 Å². The summed E-state index contributed by atoms with van der Waals surface area (Å²) in [6.45, 7) is 1.44. The van der Waals surface area contributed by atoms with E-state index in [2.05, 4.69) is 10.4 Å². The number of para-hydroxylation sites is 1. The van der Waals surface area contributed by atoms with Crippen LogP contribution in [0.25, 0.3) is 10.9 Å². The highest BCUT2D eigenvalue weighted by atomic mass is 19.4. The van der Waals surface area contributed by atoms with E-state index in [9.17, 15) is 22.8 Å². The first-order valence-electron chi connectivity index (χ1n) is 8.17. The van der Waals surface area contributed by atoms with E-state index in [0.717, 1.165) is 18.3 Å². The molecule has 1 aromatic heterocycles. The van der Waals surface area contributed by atoms with Crippen LogP contribution >= 0.6 is 0 Å². The Labute approximate surface area is 152 Å². The molecule has 3 aromatic rings. The molecular weight excluding hydrogens is 359 g/mol. The zero-order chi connectivity index (χ0) is 19.6. The molecule has 2 aromatic carbocycles. The quantitative estimate of drug-likeness (QED) is 0.761. The molecule has 1 atom stereocenters. The van der Waals surface area contributed by atoms with Crippen LogP contribution in [0.4, 0.5) is 13.2 Å². The minimum absolute atomic E-state index is 0.163. The Hall–Kier alpha value is -3.16.